The van der Waals surface area contributed by atoms with Crippen LogP contribution in [0.25, 0.3) is 0 Å². The third-order valence-electron chi connectivity index (χ3n) is 17.6. The first kappa shape index (κ1) is 61.7. The number of allylic oxidation sites excluding steroid dienone is 1. The van der Waals surface area contributed by atoms with Crippen LogP contribution in [0, 0.1) is 16.2 Å². The Morgan fingerprint density at radius 2 is 1.55 bits per heavy atom. The molecule has 25 heteroatoms. The molecule has 0 spiro atoms. The van der Waals surface area contributed by atoms with Gasteiger partial charge in [0.15, 0.2) is 0 Å². The minimum atomic E-state index is -6.19. The first-order chi connectivity index (χ1) is 40.2. The van der Waals surface area contributed by atoms with Crippen molar-refractivity contribution in [2.24, 2.45) is 16.2 Å². The number of benzene rings is 4. The van der Waals surface area contributed by atoms with E-state index in [1.807, 2.05) is 47.0 Å². The van der Waals surface area contributed by atoms with Gasteiger partial charge in [-0.3, -0.25) is 39.1 Å². The van der Waals surface area contributed by atoms with Gasteiger partial charge in [-0.15, -0.1) is 11.8 Å². The van der Waals surface area contributed by atoms with Crippen molar-refractivity contribution >= 4 is 78.2 Å². The van der Waals surface area contributed by atoms with Crippen molar-refractivity contribution in [1.82, 2.24) is 24.7 Å². The maximum Gasteiger partial charge on any atom is 0.501 e. The fourth-order valence-electron chi connectivity index (χ4n) is 13.0. The summed E-state index contributed by atoms with van der Waals surface area (Å²) in [4.78, 5) is 70.7. The quantitative estimate of drug-likeness (QED) is 0.0179. The lowest BCUT2D eigenvalue weighted by atomic mass is 9.32. The number of piperazine rings is 1. The number of carbonyl (C=O) groups is 5. The SMILES string of the molecule is CN(CCCNc1cccc2c1C(=O)N(C1CCC(=O)NC1=O)C2=O)CC[C@H](CSc1ccccc1)Nc1ccc(S(=O)(=O)NC(=O)c2ccc(N3CCN(CC4=C(C56CC(C(F)F)(C5)C6)CC(C)(C)CC4)CC3)cc2)cc1S(=O)(=O)C(F)(F)F. The van der Waals surface area contributed by atoms with E-state index >= 15 is 0 Å². The predicted molar refractivity (Wildman–Crippen MR) is 312 cm³/mol. The Morgan fingerprint density at radius 3 is 2.22 bits per heavy atom. The largest absolute Gasteiger partial charge is 0.501 e. The zero-order chi connectivity index (χ0) is 60.9. The molecule has 4 aromatic rings. The minimum Gasteiger partial charge on any atom is -0.384 e. The highest BCUT2D eigenvalue weighted by Crippen LogP contribution is 2.79. The van der Waals surface area contributed by atoms with Gasteiger partial charge in [-0.05, 0) is 155 Å². The molecule has 4 aromatic carbocycles. The van der Waals surface area contributed by atoms with Crippen LogP contribution < -0.4 is 25.6 Å². The van der Waals surface area contributed by atoms with Crippen LogP contribution in [-0.4, -0.2) is 150 Å². The molecule has 0 aromatic heterocycles. The molecule has 5 amide bonds. The summed E-state index contributed by atoms with van der Waals surface area (Å²) in [5.41, 5.74) is -2.95. The number of carbonyl (C=O) groups excluding carboxylic acids is 5. The topological polar surface area (TPSA) is 215 Å². The molecule has 85 heavy (non-hydrogen) atoms. The second-order valence-corrected chi connectivity index (χ2v) is 28.9. The first-order valence-corrected chi connectivity index (χ1v) is 32.4. The maximum absolute atomic E-state index is 14.5. The third kappa shape index (κ3) is 12.9. The van der Waals surface area contributed by atoms with Gasteiger partial charge < -0.3 is 20.4 Å². The summed E-state index contributed by atoms with van der Waals surface area (Å²) in [6.07, 6.45) is 3.18. The van der Waals surface area contributed by atoms with E-state index in [1.54, 1.807) is 24.3 Å². The summed E-state index contributed by atoms with van der Waals surface area (Å²) in [6, 6.07) is 20.5. The number of sulfonamides is 1. The lowest BCUT2D eigenvalue weighted by Crippen LogP contribution is -2.66. The van der Waals surface area contributed by atoms with Gasteiger partial charge in [-0.25, -0.2) is 30.3 Å². The highest BCUT2D eigenvalue weighted by molar-refractivity contribution is 7.99. The van der Waals surface area contributed by atoms with Crippen molar-refractivity contribution < 1.29 is 62.8 Å². The van der Waals surface area contributed by atoms with E-state index < -0.39 is 94.3 Å². The van der Waals surface area contributed by atoms with E-state index in [0.29, 0.717) is 70.2 Å². The van der Waals surface area contributed by atoms with Crippen molar-refractivity contribution in [2.75, 3.05) is 80.7 Å². The number of amides is 5. The molecule has 0 radical (unpaired) electrons. The second kappa shape index (κ2) is 24.0. The number of anilines is 3. The number of hydrogen-bond donors (Lipinski definition) is 4. The molecule has 3 heterocycles. The van der Waals surface area contributed by atoms with Crippen LogP contribution in [0.1, 0.15) is 109 Å². The fraction of sp³-hybridized carbons (Fsp3) is 0.483. The summed E-state index contributed by atoms with van der Waals surface area (Å²) in [6.45, 7) is 9.29. The number of hydrogen-bond acceptors (Lipinski definition) is 15. The van der Waals surface area contributed by atoms with Crippen molar-refractivity contribution in [3.05, 3.63) is 119 Å². The van der Waals surface area contributed by atoms with Gasteiger partial charge in [-0.1, -0.05) is 49.3 Å². The van der Waals surface area contributed by atoms with Crippen LogP contribution >= 0.6 is 11.8 Å². The van der Waals surface area contributed by atoms with Crippen LogP contribution in [-0.2, 0) is 29.4 Å². The monoisotopic (exact) mass is 1240 g/mol. The van der Waals surface area contributed by atoms with Crippen LogP contribution in [0.5, 0.6) is 0 Å². The summed E-state index contributed by atoms with van der Waals surface area (Å²) >= 11 is 1.37. The Labute approximate surface area is 495 Å². The predicted octanol–water partition coefficient (Wildman–Crippen LogP) is 8.96. The van der Waals surface area contributed by atoms with Crippen LogP contribution in [0.3, 0.4) is 0 Å². The Hall–Kier alpha value is -6.41. The van der Waals surface area contributed by atoms with Crippen molar-refractivity contribution in [2.45, 2.75) is 117 Å². The Bertz CT molecular complexity index is 3510. The molecule has 2 bridgehead atoms. The van der Waals surface area contributed by atoms with Crippen LogP contribution in [0.15, 0.2) is 117 Å². The van der Waals surface area contributed by atoms with Crippen molar-refractivity contribution in [3.63, 3.8) is 0 Å². The molecule has 4 N–H and O–H groups in total. The summed E-state index contributed by atoms with van der Waals surface area (Å²) in [5, 5.41) is 8.35. The van der Waals surface area contributed by atoms with Gasteiger partial charge in [0.25, 0.3) is 37.6 Å². The average molecular weight is 1240 g/mol. The molecule has 2 atom stereocenters. The smallest absolute Gasteiger partial charge is 0.384 e. The number of nitrogens with one attached hydrogen (secondary N) is 4. The number of piperidine rings is 1. The molecule has 7 aliphatic rings. The number of fused-ring (bicyclic) bond motifs is 1. The minimum absolute atomic E-state index is 0.0112. The third-order valence-corrected chi connectivity index (χ3v) is 21.7. The Morgan fingerprint density at radius 1 is 0.847 bits per heavy atom. The summed E-state index contributed by atoms with van der Waals surface area (Å²) in [7, 11) is -9.33. The fourth-order valence-corrected chi connectivity index (χ4v) is 16.0. The number of alkyl halides is 5. The number of thioether (sulfide) groups is 1. The lowest BCUT2D eigenvalue weighted by Gasteiger charge is -2.72. The van der Waals surface area contributed by atoms with Gasteiger partial charge in [0.1, 0.15) is 10.9 Å². The van der Waals surface area contributed by atoms with Gasteiger partial charge in [-0.2, -0.15) is 13.2 Å². The molecular formula is C60H69F5N8O9S3. The number of sulfone groups is 1. The molecule has 17 nitrogen and oxygen atoms in total. The van der Waals surface area contributed by atoms with E-state index in [1.165, 1.54) is 41.1 Å². The normalized spacial score (nSPS) is 22.9. The van der Waals surface area contributed by atoms with Crippen molar-refractivity contribution in [3.8, 4) is 0 Å². The highest BCUT2D eigenvalue weighted by Gasteiger charge is 2.73. The molecule has 456 valence electrons. The van der Waals surface area contributed by atoms with E-state index in [9.17, 15) is 62.8 Å². The van der Waals surface area contributed by atoms with Gasteiger partial charge >= 0.3 is 5.51 Å². The highest BCUT2D eigenvalue weighted by atomic mass is 32.2. The van der Waals surface area contributed by atoms with E-state index in [0.717, 1.165) is 66.5 Å². The second-order valence-electron chi connectivity index (χ2n) is 24.3. The molecule has 3 aliphatic heterocycles. The van der Waals surface area contributed by atoms with E-state index in [2.05, 4.69) is 39.6 Å². The summed E-state index contributed by atoms with van der Waals surface area (Å²) < 4.78 is 127. The van der Waals surface area contributed by atoms with Gasteiger partial charge in [0.2, 0.25) is 18.2 Å². The van der Waals surface area contributed by atoms with Crippen LogP contribution in [0.4, 0.5) is 39.0 Å². The zero-order valence-electron chi connectivity index (χ0n) is 47.4. The van der Waals surface area contributed by atoms with Gasteiger partial charge in [0.05, 0.1) is 21.7 Å². The average Bonchev–Trinajstić information content (AvgIpc) is 1.10. The standard InChI is InChI=1S/C60H69F5N8O9S3/c1-57(2)23-21-39(45(32-57)58-35-59(36-58,37-58)56(61)62)33-71-27-29-72(30-28-71)41-15-13-38(14-16-41)52(75)69-85(81,82)43-17-18-46(49(31-43)84(79,80)60(63,64)65)67-40(34-83-42-9-5-4-6-10-42)22-26-70(3)25-8-24-66-47-12-7-11-44-51(47)55(78)73(54(44)77)48-19-20-50(74)68-53(48)76/h4-7,9-18,31,40,48,56,66-67H,8,19-30,32-37H2,1-3H3,(H,69,75)(H,68,74,76)/t40-,48?,58?,59?/m1/s1. The van der Waals surface area contributed by atoms with Gasteiger partial charge in [0, 0.05) is 84.7 Å². The maximum atomic E-state index is 14.5. The Kier molecular flexibility index (Phi) is 17.4. The van der Waals surface area contributed by atoms with E-state index in [4.69, 9.17) is 0 Å². The zero-order valence-corrected chi connectivity index (χ0v) is 49.9. The molecule has 4 aliphatic carbocycles. The number of nitrogens with zero attached hydrogens (tertiary/aromatic N) is 4. The Balaban J connectivity index is 0.761. The molecule has 5 fully saturated rings. The molecular weight excluding hydrogens is 1170 g/mol. The molecule has 11 rings (SSSR count). The first-order valence-electron chi connectivity index (χ1n) is 28.5. The number of rotatable bonds is 23. The molecule has 2 saturated heterocycles. The molecule has 1 unspecified atom stereocenters. The van der Waals surface area contributed by atoms with Crippen LogP contribution in [0.2, 0.25) is 0 Å². The number of halogens is 5. The lowest BCUT2D eigenvalue weighted by molar-refractivity contribution is -0.250. The number of imide groups is 2. The van der Waals surface area contributed by atoms with Crippen molar-refractivity contribution in [1.29, 1.82) is 0 Å². The van der Waals surface area contributed by atoms with E-state index in [-0.39, 0.29) is 52.5 Å². The molecule has 3 saturated carbocycles. The summed E-state index contributed by atoms with van der Waals surface area (Å²) in [5.74, 6) is -3.35.